The molecule has 122 valence electrons. The lowest BCUT2D eigenvalue weighted by atomic mass is 10.1. The molecule has 0 aliphatic carbocycles. The maximum Gasteiger partial charge on any atom is 0.200 e. The molecule has 4 rings (SSSR count). The van der Waals surface area contributed by atoms with E-state index in [-0.39, 0.29) is 0 Å². The van der Waals surface area contributed by atoms with Crippen LogP contribution >= 0.6 is 0 Å². The van der Waals surface area contributed by atoms with Gasteiger partial charge in [0, 0.05) is 28.5 Å². The average Bonchev–Trinajstić information content (AvgIpc) is 2.95. The Hall–Kier alpha value is -2.33. The van der Waals surface area contributed by atoms with E-state index in [1.807, 2.05) is 31.2 Å². The van der Waals surface area contributed by atoms with Crippen molar-refractivity contribution in [3.63, 3.8) is 0 Å². The summed E-state index contributed by atoms with van der Waals surface area (Å²) >= 11 is 0. The minimum atomic E-state index is -3.43. The number of hydrogen-bond acceptors (Lipinski definition) is 2. The molecule has 1 aliphatic heterocycles. The number of sulfone groups is 1. The highest BCUT2D eigenvalue weighted by molar-refractivity contribution is 7.94. The fourth-order valence-electron chi connectivity index (χ4n) is 3.38. The SMILES string of the molecule is Cc1ccc(S(=O)(=O)/C=C2\CCCn3c2cc2ccccc23)cc1. The summed E-state index contributed by atoms with van der Waals surface area (Å²) in [6.07, 6.45) is 1.75. The summed E-state index contributed by atoms with van der Waals surface area (Å²) in [5.74, 6) is 0. The lowest BCUT2D eigenvalue weighted by molar-refractivity contribution is 0.603. The predicted octanol–water partition coefficient (Wildman–Crippen LogP) is 4.56. The Labute approximate surface area is 142 Å². The fraction of sp³-hybridized carbons (Fsp3) is 0.200. The van der Waals surface area contributed by atoms with Gasteiger partial charge in [0.1, 0.15) is 0 Å². The summed E-state index contributed by atoms with van der Waals surface area (Å²) in [4.78, 5) is 0.355. The second-order valence-electron chi connectivity index (χ2n) is 6.34. The van der Waals surface area contributed by atoms with Crippen LogP contribution < -0.4 is 0 Å². The standard InChI is InChI=1S/C20H19NO2S/c1-15-8-10-18(11-9-15)24(22,23)14-17-6-4-12-21-19-7-3-2-5-16(19)13-20(17)21/h2-3,5,7-11,13-14H,4,6,12H2,1H3/b17-14+. The van der Waals surface area contributed by atoms with Crippen molar-refractivity contribution in [2.45, 2.75) is 31.2 Å². The zero-order chi connectivity index (χ0) is 16.7. The first-order valence-electron chi connectivity index (χ1n) is 8.15. The van der Waals surface area contributed by atoms with Gasteiger partial charge in [-0.1, -0.05) is 35.9 Å². The van der Waals surface area contributed by atoms with Crippen molar-refractivity contribution >= 4 is 26.3 Å². The number of aromatic nitrogens is 1. The van der Waals surface area contributed by atoms with E-state index in [4.69, 9.17) is 0 Å². The molecule has 2 aromatic carbocycles. The largest absolute Gasteiger partial charge is 0.341 e. The third-order valence-electron chi connectivity index (χ3n) is 4.61. The van der Waals surface area contributed by atoms with Gasteiger partial charge in [-0.3, -0.25) is 0 Å². The monoisotopic (exact) mass is 337 g/mol. The number of aryl methyl sites for hydroxylation is 2. The van der Waals surface area contributed by atoms with E-state index in [0.29, 0.717) is 4.90 Å². The summed E-state index contributed by atoms with van der Waals surface area (Å²) in [5.41, 5.74) is 4.15. The van der Waals surface area contributed by atoms with E-state index in [9.17, 15) is 8.42 Å². The van der Waals surface area contributed by atoms with Crippen LogP contribution in [0.25, 0.3) is 16.5 Å². The second kappa shape index (κ2) is 5.64. The van der Waals surface area contributed by atoms with Gasteiger partial charge in [-0.15, -0.1) is 0 Å². The highest BCUT2D eigenvalue weighted by Crippen LogP contribution is 2.33. The van der Waals surface area contributed by atoms with Crippen molar-refractivity contribution in [2.24, 2.45) is 0 Å². The zero-order valence-corrected chi connectivity index (χ0v) is 14.4. The van der Waals surface area contributed by atoms with Crippen LogP contribution in [0.1, 0.15) is 24.1 Å². The van der Waals surface area contributed by atoms with Gasteiger partial charge in [0.25, 0.3) is 0 Å². The van der Waals surface area contributed by atoms with Crippen LogP contribution in [0, 0.1) is 6.92 Å². The molecule has 0 fully saturated rings. The minimum absolute atomic E-state index is 0.355. The van der Waals surface area contributed by atoms with E-state index in [1.165, 1.54) is 10.9 Å². The Morgan fingerprint density at radius 3 is 2.58 bits per heavy atom. The van der Waals surface area contributed by atoms with Crippen LogP contribution in [-0.2, 0) is 16.4 Å². The number of para-hydroxylation sites is 1. The molecule has 0 amide bonds. The van der Waals surface area contributed by atoms with Crippen LogP contribution in [0.3, 0.4) is 0 Å². The van der Waals surface area contributed by atoms with Crippen LogP contribution in [0.15, 0.2) is 64.9 Å². The first kappa shape index (κ1) is 15.2. The molecular formula is C20H19NO2S. The van der Waals surface area contributed by atoms with Crippen molar-refractivity contribution in [3.05, 3.63) is 71.3 Å². The number of allylic oxidation sites excluding steroid dienone is 1. The second-order valence-corrected chi connectivity index (χ2v) is 8.14. The van der Waals surface area contributed by atoms with Gasteiger partial charge in [0.2, 0.25) is 0 Å². The third-order valence-corrected chi connectivity index (χ3v) is 6.14. The molecule has 0 N–H and O–H groups in total. The summed E-state index contributed by atoms with van der Waals surface area (Å²) in [6.45, 7) is 2.89. The number of benzene rings is 2. The minimum Gasteiger partial charge on any atom is -0.341 e. The molecule has 4 heteroatoms. The van der Waals surface area contributed by atoms with Gasteiger partial charge >= 0.3 is 0 Å². The molecule has 2 heterocycles. The first-order valence-corrected chi connectivity index (χ1v) is 9.70. The van der Waals surface area contributed by atoms with E-state index < -0.39 is 9.84 Å². The Bertz CT molecular complexity index is 1040. The van der Waals surface area contributed by atoms with Crippen LogP contribution in [0.5, 0.6) is 0 Å². The van der Waals surface area contributed by atoms with E-state index in [1.54, 1.807) is 12.1 Å². The topological polar surface area (TPSA) is 39.1 Å². The predicted molar refractivity (Wildman–Crippen MR) is 97.5 cm³/mol. The lowest BCUT2D eigenvalue weighted by Gasteiger charge is -2.19. The number of fused-ring (bicyclic) bond motifs is 3. The zero-order valence-electron chi connectivity index (χ0n) is 13.6. The molecular weight excluding hydrogens is 318 g/mol. The highest BCUT2D eigenvalue weighted by atomic mass is 32.2. The molecule has 24 heavy (non-hydrogen) atoms. The Morgan fingerprint density at radius 2 is 1.79 bits per heavy atom. The number of nitrogens with zero attached hydrogens (tertiary/aromatic N) is 1. The molecule has 3 aromatic rings. The van der Waals surface area contributed by atoms with Crippen molar-refractivity contribution in [2.75, 3.05) is 0 Å². The Balaban J connectivity index is 1.83. The molecule has 0 unspecified atom stereocenters. The molecule has 0 bridgehead atoms. The quantitative estimate of drug-likeness (QED) is 0.688. The summed E-state index contributed by atoms with van der Waals surface area (Å²) in [5, 5.41) is 2.62. The van der Waals surface area contributed by atoms with Crippen molar-refractivity contribution < 1.29 is 8.42 Å². The maximum absolute atomic E-state index is 12.8. The van der Waals surface area contributed by atoms with Gasteiger partial charge in [-0.2, -0.15) is 0 Å². The van der Waals surface area contributed by atoms with E-state index >= 15 is 0 Å². The van der Waals surface area contributed by atoms with E-state index in [0.717, 1.165) is 41.6 Å². The summed E-state index contributed by atoms with van der Waals surface area (Å²) in [6, 6.07) is 17.3. The van der Waals surface area contributed by atoms with Gasteiger partial charge in [-0.25, -0.2) is 8.42 Å². The highest BCUT2D eigenvalue weighted by Gasteiger charge is 2.20. The van der Waals surface area contributed by atoms with Crippen molar-refractivity contribution in [3.8, 4) is 0 Å². The van der Waals surface area contributed by atoms with Crippen LogP contribution in [-0.4, -0.2) is 13.0 Å². The average molecular weight is 337 g/mol. The Kier molecular flexibility index (Phi) is 3.57. The smallest absolute Gasteiger partial charge is 0.200 e. The molecule has 0 radical (unpaired) electrons. The molecule has 0 spiro atoms. The molecule has 0 atom stereocenters. The van der Waals surface area contributed by atoms with Gasteiger partial charge in [0.05, 0.1) is 4.90 Å². The van der Waals surface area contributed by atoms with Crippen LogP contribution in [0.2, 0.25) is 0 Å². The van der Waals surface area contributed by atoms with Gasteiger partial charge in [-0.05, 0) is 49.6 Å². The molecule has 1 aromatic heterocycles. The van der Waals surface area contributed by atoms with Gasteiger partial charge < -0.3 is 4.57 Å². The van der Waals surface area contributed by atoms with Crippen molar-refractivity contribution in [1.29, 1.82) is 0 Å². The number of rotatable bonds is 2. The molecule has 1 aliphatic rings. The third kappa shape index (κ3) is 2.57. The number of hydrogen-bond donors (Lipinski definition) is 0. The normalized spacial score (nSPS) is 16.5. The van der Waals surface area contributed by atoms with Crippen LogP contribution in [0.4, 0.5) is 0 Å². The molecule has 3 nitrogen and oxygen atoms in total. The maximum atomic E-state index is 12.8. The Morgan fingerprint density at radius 1 is 1.04 bits per heavy atom. The lowest BCUT2D eigenvalue weighted by Crippen LogP contribution is -2.10. The first-order chi connectivity index (χ1) is 11.5. The summed E-state index contributed by atoms with van der Waals surface area (Å²) in [7, 11) is -3.43. The fourth-order valence-corrected chi connectivity index (χ4v) is 4.64. The molecule has 0 saturated heterocycles. The van der Waals surface area contributed by atoms with E-state index in [2.05, 4.69) is 22.8 Å². The molecule has 0 saturated carbocycles. The summed E-state index contributed by atoms with van der Waals surface area (Å²) < 4.78 is 27.7. The van der Waals surface area contributed by atoms with Gasteiger partial charge in [0.15, 0.2) is 9.84 Å². The van der Waals surface area contributed by atoms with Crippen molar-refractivity contribution in [1.82, 2.24) is 4.57 Å².